The van der Waals surface area contributed by atoms with Crippen LogP contribution in [0.15, 0.2) is 65.6 Å². The van der Waals surface area contributed by atoms with Crippen LogP contribution >= 0.6 is 11.8 Å². The molecule has 2 aromatic carbocycles. The number of unbranched alkanes of at least 4 members (excludes halogenated alkanes) is 1. The van der Waals surface area contributed by atoms with Crippen molar-refractivity contribution in [3.8, 4) is 5.75 Å². The molecular formula is C23H28N2O6S. The van der Waals surface area contributed by atoms with E-state index in [2.05, 4.69) is 5.32 Å². The Morgan fingerprint density at radius 2 is 1.84 bits per heavy atom. The van der Waals surface area contributed by atoms with Gasteiger partial charge in [0.25, 0.3) is 5.91 Å². The minimum atomic E-state index is -0.594. The van der Waals surface area contributed by atoms with Crippen molar-refractivity contribution in [2.75, 3.05) is 24.8 Å². The van der Waals surface area contributed by atoms with Gasteiger partial charge in [-0.3, -0.25) is 15.3 Å². The van der Waals surface area contributed by atoms with Gasteiger partial charge in [-0.25, -0.2) is 10.3 Å². The standard InChI is InChI=1S/C23H28N2O6S/c1-32-20-13-9-18(10-14-20)24-23(28)31-21(5-3-2-4-6-22(27)25-29)17-7-11-19(12-8-17)30-16-15-26/h4,6-14,21,26,29H,2-3,5,15-16H2,1H3,(H,24,28)(H,25,27)/b6-4+/t21-/m0/s1. The minimum Gasteiger partial charge on any atom is -0.491 e. The second-order valence-electron chi connectivity index (χ2n) is 6.70. The maximum Gasteiger partial charge on any atom is 0.412 e. The zero-order valence-corrected chi connectivity index (χ0v) is 18.6. The van der Waals surface area contributed by atoms with Crippen molar-refractivity contribution in [1.29, 1.82) is 0 Å². The summed E-state index contributed by atoms with van der Waals surface area (Å²) in [6.07, 6.45) is 5.54. The van der Waals surface area contributed by atoms with Gasteiger partial charge in [-0.15, -0.1) is 11.8 Å². The highest BCUT2D eigenvalue weighted by Gasteiger charge is 2.17. The van der Waals surface area contributed by atoms with Crippen molar-refractivity contribution in [2.45, 2.75) is 30.3 Å². The summed E-state index contributed by atoms with van der Waals surface area (Å²) in [6.45, 7) is 0.123. The fraction of sp³-hybridized carbons (Fsp3) is 0.304. The van der Waals surface area contributed by atoms with Gasteiger partial charge in [0, 0.05) is 16.7 Å². The fourth-order valence-corrected chi connectivity index (χ4v) is 3.24. The highest BCUT2D eigenvalue weighted by atomic mass is 32.2. The molecule has 8 nitrogen and oxygen atoms in total. The lowest BCUT2D eigenvalue weighted by Gasteiger charge is -2.19. The van der Waals surface area contributed by atoms with Gasteiger partial charge in [0.1, 0.15) is 18.5 Å². The van der Waals surface area contributed by atoms with Crippen molar-refractivity contribution in [3.05, 3.63) is 66.2 Å². The molecular weight excluding hydrogens is 432 g/mol. The van der Waals surface area contributed by atoms with E-state index in [1.165, 1.54) is 11.6 Å². The molecule has 0 fully saturated rings. The third-order valence-corrected chi connectivity index (χ3v) is 5.16. The zero-order chi connectivity index (χ0) is 23.2. The third-order valence-electron chi connectivity index (χ3n) is 4.41. The van der Waals surface area contributed by atoms with E-state index in [4.69, 9.17) is 19.8 Å². The predicted molar refractivity (Wildman–Crippen MR) is 123 cm³/mol. The Bertz CT molecular complexity index is 871. The number of hydrogen-bond acceptors (Lipinski definition) is 7. The van der Waals surface area contributed by atoms with Crippen LogP contribution in [-0.2, 0) is 9.53 Å². The van der Waals surface area contributed by atoms with E-state index in [0.29, 0.717) is 30.7 Å². The first-order valence-corrected chi connectivity index (χ1v) is 11.3. The van der Waals surface area contributed by atoms with Gasteiger partial charge >= 0.3 is 6.09 Å². The third kappa shape index (κ3) is 9.01. The molecule has 0 spiro atoms. The molecule has 2 rings (SSSR count). The summed E-state index contributed by atoms with van der Waals surface area (Å²) in [4.78, 5) is 24.6. The van der Waals surface area contributed by atoms with Gasteiger partial charge in [-0.1, -0.05) is 18.2 Å². The van der Waals surface area contributed by atoms with Crippen LogP contribution in [0.25, 0.3) is 0 Å². The first kappa shape index (κ1) is 25.3. The number of carbonyl (C=O) groups excluding carboxylic acids is 2. The van der Waals surface area contributed by atoms with E-state index in [1.54, 1.807) is 30.0 Å². The lowest BCUT2D eigenvalue weighted by molar-refractivity contribution is -0.124. The second-order valence-corrected chi connectivity index (χ2v) is 7.58. The number of carbonyl (C=O) groups is 2. The molecule has 0 unspecified atom stereocenters. The summed E-state index contributed by atoms with van der Waals surface area (Å²) in [5, 5.41) is 20.1. The SMILES string of the molecule is CSc1ccc(NC(=O)O[C@@H](CCC/C=C/C(=O)NO)c2ccc(OCCO)cc2)cc1. The molecule has 2 amide bonds. The average molecular weight is 461 g/mol. The highest BCUT2D eigenvalue weighted by Crippen LogP contribution is 2.27. The van der Waals surface area contributed by atoms with Crippen LogP contribution in [0.4, 0.5) is 10.5 Å². The van der Waals surface area contributed by atoms with Crippen molar-refractivity contribution in [1.82, 2.24) is 5.48 Å². The van der Waals surface area contributed by atoms with Crippen LogP contribution in [0.3, 0.4) is 0 Å². The van der Waals surface area contributed by atoms with Crippen LogP contribution in [0.1, 0.15) is 30.9 Å². The summed E-state index contributed by atoms with van der Waals surface area (Å²) in [7, 11) is 0. The smallest absolute Gasteiger partial charge is 0.412 e. The molecule has 9 heteroatoms. The van der Waals surface area contributed by atoms with Crippen molar-refractivity contribution in [3.63, 3.8) is 0 Å². The lowest BCUT2D eigenvalue weighted by Crippen LogP contribution is -2.17. The maximum atomic E-state index is 12.5. The summed E-state index contributed by atoms with van der Waals surface area (Å²) in [5.74, 6) is 0.0148. The molecule has 0 radical (unpaired) electrons. The predicted octanol–water partition coefficient (Wildman–Crippen LogP) is 4.30. The van der Waals surface area contributed by atoms with Gasteiger partial charge in [0.05, 0.1) is 6.61 Å². The molecule has 0 saturated carbocycles. The summed E-state index contributed by atoms with van der Waals surface area (Å²) < 4.78 is 11.1. The van der Waals surface area contributed by atoms with Gasteiger partial charge in [-0.05, 0) is 67.5 Å². The molecule has 2 aromatic rings. The Labute approximate surface area is 191 Å². The van der Waals surface area contributed by atoms with Gasteiger partial charge < -0.3 is 14.6 Å². The molecule has 0 bridgehead atoms. The van der Waals surface area contributed by atoms with Crippen LogP contribution in [0.5, 0.6) is 5.75 Å². The quantitative estimate of drug-likeness (QED) is 0.123. The number of amides is 2. The van der Waals surface area contributed by atoms with Crippen molar-refractivity contribution >= 4 is 29.4 Å². The number of aliphatic hydroxyl groups excluding tert-OH is 1. The van der Waals surface area contributed by atoms with Crippen LogP contribution in [-0.4, -0.2) is 41.8 Å². The van der Waals surface area contributed by atoms with Gasteiger partial charge in [0.2, 0.25) is 0 Å². The number of thioether (sulfide) groups is 1. The van der Waals surface area contributed by atoms with Crippen LogP contribution in [0.2, 0.25) is 0 Å². The first-order valence-electron chi connectivity index (χ1n) is 10.1. The number of hydrogen-bond donors (Lipinski definition) is 4. The van der Waals surface area contributed by atoms with E-state index < -0.39 is 18.1 Å². The molecule has 32 heavy (non-hydrogen) atoms. The monoisotopic (exact) mass is 460 g/mol. The zero-order valence-electron chi connectivity index (χ0n) is 17.8. The number of hydroxylamine groups is 1. The molecule has 0 aliphatic rings. The van der Waals surface area contributed by atoms with E-state index in [9.17, 15) is 9.59 Å². The largest absolute Gasteiger partial charge is 0.491 e. The van der Waals surface area contributed by atoms with Gasteiger partial charge in [0.15, 0.2) is 0 Å². The number of allylic oxidation sites excluding steroid dienone is 1. The van der Waals surface area contributed by atoms with Crippen molar-refractivity contribution < 1.29 is 29.4 Å². The Balaban J connectivity index is 2.02. The second kappa shape index (κ2) is 14.1. The molecule has 0 aromatic heterocycles. The minimum absolute atomic E-state index is 0.0760. The molecule has 0 aliphatic carbocycles. The number of nitrogens with one attached hydrogen (secondary N) is 2. The van der Waals surface area contributed by atoms with Crippen LogP contribution < -0.4 is 15.5 Å². The maximum absolute atomic E-state index is 12.5. The van der Waals surface area contributed by atoms with E-state index >= 15 is 0 Å². The summed E-state index contributed by atoms with van der Waals surface area (Å²) in [5.41, 5.74) is 2.97. The van der Waals surface area contributed by atoms with Crippen molar-refractivity contribution in [2.24, 2.45) is 0 Å². The Kier molecular flexibility index (Phi) is 11.1. The normalized spacial score (nSPS) is 11.7. The molecule has 172 valence electrons. The van der Waals surface area contributed by atoms with E-state index in [0.717, 1.165) is 10.5 Å². The summed E-state index contributed by atoms with van der Waals surface area (Å²) in [6, 6.07) is 14.6. The fourth-order valence-electron chi connectivity index (χ4n) is 2.84. The number of benzene rings is 2. The molecule has 1 atom stereocenters. The first-order chi connectivity index (χ1) is 15.5. The lowest BCUT2D eigenvalue weighted by atomic mass is 10.0. The molecule has 0 heterocycles. The molecule has 0 aliphatic heterocycles. The Morgan fingerprint density at radius 3 is 2.47 bits per heavy atom. The molecule has 0 saturated heterocycles. The van der Waals surface area contributed by atoms with E-state index in [-0.39, 0.29) is 13.2 Å². The number of anilines is 1. The average Bonchev–Trinajstić information content (AvgIpc) is 2.82. The number of aliphatic hydroxyl groups is 1. The Hall–Kier alpha value is -3.01. The number of rotatable bonds is 12. The van der Waals surface area contributed by atoms with Crippen LogP contribution in [0, 0.1) is 0 Å². The topological polar surface area (TPSA) is 117 Å². The van der Waals surface area contributed by atoms with Gasteiger partial charge in [-0.2, -0.15) is 0 Å². The molecule has 4 N–H and O–H groups in total. The number of ether oxygens (including phenoxy) is 2. The Morgan fingerprint density at radius 1 is 1.12 bits per heavy atom. The summed E-state index contributed by atoms with van der Waals surface area (Å²) >= 11 is 1.61. The highest BCUT2D eigenvalue weighted by molar-refractivity contribution is 7.98. The van der Waals surface area contributed by atoms with E-state index in [1.807, 2.05) is 42.7 Å².